The molecule has 4 aliphatic heterocycles. The number of allylic oxidation sites excluding steroid dienone is 1. The summed E-state index contributed by atoms with van der Waals surface area (Å²) in [7, 11) is 0. The maximum Gasteiger partial charge on any atom is 0.573 e. The molecule has 7 rings (SSSR count). The number of hydrogen-bond donors (Lipinski definition) is 1. The molecule has 1 amide bonds. The van der Waals surface area contributed by atoms with Gasteiger partial charge in [0.1, 0.15) is 17.7 Å². The lowest BCUT2D eigenvalue weighted by Gasteiger charge is -2.60. The summed E-state index contributed by atoms with van der Waals surface area (Å²) in [6.45, 7) is 5.90. The number of fused-ring (bicyclic) bond motifs is 2. The zero-order valence-electron chi connectivity index (χ0n) is 25.2. The number of carbonyl (C=O) groups is 2. The first kappa shape index (κ1) is 31.5. The van der Waals surface area contributed by atoms with Crippen molar-refractivity contribution in [3.63, 3.8) is 0 Å². The normalized spacial score (nSPS) is 34.1. The van der Waals surface area contributed by atoms with Crippen LogP contribution in [0.15, 0.2) is 54.6 Å². The number of hydrogen-bond acceptors (Lipinski definition) is 8. The summed E-state index contributed by atoms with van der Waals surface area (Å²) in [6, 6.07) is 11.4. The summed E-state index contributed by atoms with van der Waals surface area (Å²) in [6.07, 6.45) is 0.361. The Kier molecular flexibility index (Phi) is 8.44. The van der Waals surface area contributed by atoms with Crippen molar-refractivity contribution in [2.75, 3.05) is 6.61 Å². The molecule has 8 atom stereocenters. The number of benzene rings is 2. The molecular weight excluding hydrogens is 595 g/mol. The molecule has 1 spiro atoms. The highest BCUT2D eigenvalue weighted by Crippen LogP contribution is 2.60. The Morgan fingerprint density at radius 2 is 1.69 bits per heavy atom. The maximum atomic E-state index is 12.9. The first-order valence-corrected chi connectivity index (χ1v) is 15.2. The van der Waals surface area contributed by atoms with Gasteiger partial charge in [-0.05, 0) is 86.1 Å². The number of rotatable bonds is 8. The highest BCUT2D eigenvalue weighted by atomic mass is 19.4. The second-order valence-electron chi connectivity index (χ2n) is 12.5. The van der Waals surface area contributed by atoms with Gasteiger partial charge in [0.15, 0.2) is 24.3 Å². The monoisotopic (exact) mass is 631 g/mol. The van der Waals surface area contributed by atoms with E-state index in [0.29, 0.717) is 29.2 Å². The third kappa shape index (κ3) is 6.46. The van der Waals surface area contributed by atoms with Crippen molar-refractivity contribution < 1.29 is 51.5 Å². The van der Waals surface area contributed by atoms with Gasteiger partial charge < -0.3 is 24.3 Å². The average molecular weight is 632 g/mol. The third-order valence-electron chi connectivity index (χ3n) is 9.51. The van der Waals surface area contributed by atoms with E-state index in [1.807, 2.05) is 6.92 Å². The number of amides is 1. The number of ketones is 1. The topological polar surface area (TPSA) is 102 Å². The number of ether oxygens (including phenoxy) is 4. The third-order valence-corrected chi connectivity index (χ3v) is 9.51. The molecule has 0 aromatic heterocycles. The van der Waals surface area contributed by atoms with Crippen molar-refractivity contribution in [1.29, 1.82) is 0 Å². The summed E-state index contributed by atoms with van der Waals surface area (Å²) in [4.78, 5) is 37.5. The molecule has 0 radical (unpaired) electrons. The lowest BCUT2D eigenvalue weighted by Crippen LogP contribution is -2.72. The molecule has 4 saturated heterocycles. The van der Waals surface area contributed by atoms with Gasteiger partial charge >= 0.3 is 6.36 Å². The molecule has 2 aromatic carbocycles. The number of carbonyl (C=O) groups excluding carboxylic acids is 2. The highest BCUT2D eigenvalue weighted by molar-refractivity contribution is 6.06. The molecule has 1 aliphatic carbocycles. The van der Waals surface area contributed by atoms with Crippen LogP contribution in [0, 0.1) is 23.7 Å². The van der Waals surface area contributed by atoms with E-state index in [1.165, 1.54) is 36.4 Å². The van der Waals surface area contributed by atoms with Gasteiger partial charge in [0, 0.05) is 23.8 Å². The van der Waals surface area contributed by atoms with Gasteiger partial charge in [0.05, 0.1) is 0 Å². The predicted molar refractivity (Wildman–Crippen MR) is 153 cm³/mol. The van der Waals surface area contributed by atoms with Gasteiger partial charge in [-0.25, -0.2) is 9.78 Å². The fourth-order valence-corrected chi connectivity index (χ4v) is 7.18. The van der Waals surface area contributed by atoms with Crippen LogP contribution in [-0.2, 0) is 24.0 Å². The highest BCUT2D eigenvalue weighted by Gasteiger charge is 2.69. The maximum absolute atomic E-state index is 12.9. The Morgan fingerprint density at radius 1 is 0.978 bits per heavy atom. The van der Waals surface area contributed by atoms with E-state index in [0.717, 1.165) is 19.3 Å². The van der Waals surface area contributed by atoms with Crippen LogP contribution in [0.1, 0.15) is 62.4 Å². The van der Waals surface area contributed by atoms with Crippen molar-refractivity contribution in [3.8, 4) is 11.5 Å². The SMILES string of the molecule is C[C@H]1[C@H](NC(=O)COc2ccc(C(=O)/C=C/c3ccc(OC(F)(F)F)cc3)cc2)O[C@@H]2O[C@@]3(C)CC[C@H]4[C@H](C)CC[C@@H]1[C@@]24OO3. The molecule has 2 aromatic rings. The first-order valence-electron chi connectivity index (χ1n) is 15.2. The molecule has 1 saturated carbocycles. The van der Waals surface area contributed by atoms with Gasteiger partial charge in [0.25, 0.3) is 5.91 Å². The standard InChI is InChI=1S/C33H36F3NO8/c1-19-4-14-26-20(2)29(41-30-32(26)25(19)16-17-31(3,43-30)44-45-32)37-28(39)18-40-23-12-8-22(9-13-23)27(38)15-7-21-5-10-24(11-6-21)42-33(34,35)36/h5-13,15,19-20,25-26,29-30H,4,14,16-18H2,1-3H3,(H,37,39)/b15-7+/t19-,20-,25+,26+,29-,30-,31-,32-/m1/s1. The van der Waals surface area contributed by atoms with E-state index in [9.17, 15) is 22.8 Å². The van der Waals surface area contributed by atoms with Crippen molar-refractivity contribution in [2.45, 2.75) is 76.7 Å². The largest absolute Gasteiger partial charge is 0.573 e. The minimum absolute atomic E-state index is 0.0561. The Bertz CT molecular complexity index is 1430. The fraction of sp³-hybridized carbons (Fsp3) is 0.515. The van der Waals surface area contributed by atoms with Crippen LogP contribution in [0.5, 0.6) is 11.5 Å². The summed E-state index contributed by atoms with van der Waals surface area (Å²) in [5, 5.41) is 2.96. The molecule has 242 valence electrons. The smallest absolute Gasteiger partial charge is 0.484 e. The van der Waals surface area contributed by atoms with Crippen LogP contribution in [0.25, 0.3) is 6.08 Å². The molecule has 45 heavy (non-hydrogen) atoms. The van der Waals surface area contributed by atoms with Gasteiger partial charge in [-0.2, -0.15) is 0 Å². The van der Waals surface area contributed by atoms with Crippen LogP contribution in [0.2, 0.25) is 0 Å². The Balaban J connectivity index is 1.02. The predicted octanol–water partition coefficient (Wildman–Crippen LogP) is 6.18. The van der Waals surface area contributed by atoms with Crippen LogP contribution >= 0.6 is 0 Å². The molecule has 1 N–H and O–H groups in total. The van der Waals surface area contributed by atoms with E-state index < -0.39 is 30.3 Å². The summed E-state index contributed by atoms with van der Waals surface area (Å²) in [5.74, 6) is -0.838. The minimum atomic E-state index is -4.77. The summed E-state index contributed by atoms with van der Waals surface area (Å²) in [5.41, 5.74) is 0.187. The zero-order chi connectivity index (χ0) is 32.0. The van der Waals surface area contributed by atoms with Crippen LogP contribution in [0.3, 0.4) is 0 Å². The number of nitrogens with one attached hydrogen (secondary N) is 1. The van der Waals surface area contributed by atoms with E-state index in [-0.39, 0.29) is 41.8 Å². The molecule has 0 unspecified atom stereocenters. The first-order chi connectivity index (χ1) is 21.3. The quantitative estimate of drug-likeness (QED) is 0.209. The van der Waals surface area contributed by atoms with Crippen LogP contribution in [-0.4, -0.2) is 48.6 Å². The molecule has 5 fully saturated rings. The van der Waals surface area contributed by atoms with Gasteiger partial charge in [-0.3, -0.25) is 9.59 Å². The zero-order valence-corrected chi connectivity index (χ0v) is 25.2. The van der Waals surface area contributed by atoms with Gasteiger partial charge in [0.2, 0.25) is 5.79 Å². The van der Waals surface area contributed by atoms with Crippen molar-refractivity contribution >= 4 is 17.8 Å². The van der Waals surface area contributed by atoms with Gasteiger partial charge in [-0.15, -0.1) is 13.2 Å². The Hall–Kier alpha value is -3.45. The molecule has 4 heterocycles. The lowest BCUT2D eigenvalue weighted by atomic mass is 9.58. The van der Waals surface area contributed by atoms with E-state index >= 15 is 0 Å². The molecule has 9 nitrogen and oxygen atoms in total. The van der Waals surface area contributed by atoms with Crippen LogP contribution < -0.4 is 14.8 Å². The second kappa shape index (κ2) is 12.1. The van der Waals surface area contributed by atoms with E-state index in [2.05, 4.69) is 23.9 Å². The van der Waals surface area contributed by atoms with Crippen LogP contribution in [0.4, 0.5) is 13.2 Å². The lowest BCUT2D eigenvalue weighted by molar-refractivity contribution is -0.571. The van der Waals surface area contributed by atoms with Crippen molar-refractivity contribution in [3.05, 3.63) is 65.7 Å². The summed E-state index contributed by atoms with van der Waals surface area (Å²) >= 11 is 0. The molecule has 5 aliphatic rings. The van der Waals surface area contributed by atoms with Crippen molar-refractivity contribution in [2.24, 2.45) is 23.7 Å². The van der Waals surface area contributed by atoms with E-state index in [4.69, 9.17) is 24.0 Å². The van der Waals surface area contributed by atoms with E-state index in [1.54, 1.807) is 24.3 Å². The molecule has 2 bridgehead atoms. The number of alkyl halides is 3. The van der Waals surface area contributed by atoms with Gasteiger partial charge in [-0.1, -0.05) is 32.1 Å². The molecular formula is C33H36F3NO8. The average Bonchev–Trinajstić information content (AvgIpc) is 3.23. The number of halogens is 3. The molecule has 12 heteroatoms. The summed E-state index contributed by atoms with van der Waals surface area (Å²) < 4.78 is 59.2. The Labute approximate surface area is 258 Å². The minimum Gasteiger partial charge on any atom is -0.484 e. The second-order valence-corrected chi connectivity index (χ2v) is 12.5. The van der Waals surface area contributed by atoms with Crippen molar-refractivity contribution in [1.82, 2.24) is 5.32 Å². The fourth-order valence-electron chi connectivity index (χ4n) is 7.18. The Morgan fingerprint density at radius 3 is 2.40 bits per heavy atom.